The molecule has 0 aromatic heterocycles. The molecule has 0 fully saturated rings. The Hall–Kier alpha value is -2.82. The van der Waals surface area contributed by atoms with E-state index in [9.17, 15) is 9.59 Å². The summed E-state index contributed by atoms with van der Waals surface area (Å²) in [6.07, 6.45) is -0.273. The molecule has 5 nitrogen and oxygen atoms in total. The molecule has 0 saturated heterocycles. The Kier molecular flexibility index (Phi) is 5.54. The second kappa shape index (κ2) is 7.83. The highest BCUT2D eigenvalue weighted by atomic mass is 16.7. The van der Waals surface area contributed by atoms with Crippen molar-refractivity contribution in [2.45, 2.75) is 13.5 Å². The lowest BCUT2D eigenvalue weighted by Crippen LogP contribution is -2.12. The van der Waals surface area contributed by atoms with Gasteiger partial charge in [0, 0.05) is 0 Å². The fourth-order valence-corrected chi connectivity index (χ4v) is 1.81. The number of hydrogen-bond acceptors (Lipinski definition) is 5. The number of para-hydroxylation sites is 1. The highest BCUT2D eigenvalue weighted by molar-refractivity contribution is 5.83. The van der Waals surface area contributed by atoms with Crippen LogP contribution in [0, 0.1) is 0 Å². The average molecular weight is 300 g/mol. The summed E-state index contributed by atoms with van der Waals surface area (Å²) in [5.74, 6) is 0.369. The molecule has 0 radical (unpaired) electrons. The zero-order valence-corrected chi connectivity index (χ0v) is 12.2. The van der Waals surface area contributed by atoms with E-state index in [2.05, 4.69) is 0 Å². The third kappa shape index (κ3) is 4.09. The molecule has 0 aliphatic carbocycles. The van der Waals surface area contributed by atoms with Gasteiger partial charge in [0.1, 0.15) is 6.61 Å². The Morgan fingerprint density at radius 3 is 2.55 bits per heavy atom. The van der Waals surface area contributed by atoms with Gasteiger partial charge < -0.3 is 14.2 Å². The third-order valence-electron chi connectivity index (χ3n) is 2.82. The number of benzene rings is 2. The summed E-state index contributed by atoms with van der Waals surface area (Å²) in [6, 6.07) is 14.4. The molecule has 0 bridgehead atoms. The van der Waals surface area contributed by atoms with Crippen molar-refractivity contribution in [1.29, 1.82) is 0 Å². The second-order valence-corrected chi connectivity index (χ2v) is 4.35. The molecule has 0 spiro atoms. The first kappa shape index (κ1) is 15.6. The minimum Gasteiger partial charge on any atom is -0.485 e. The Bertz CT molecular complexity index is 637. The summed E-state index contributed by atoms with van der Waals surface area (Å²) < 4.78 is 15.5. The van der Waals surface area contributed by atoms with Crippen molar-refractivity contribution in [3.8, 4) is 11.5 Å². The van der Waals surface area contributed by atoms with Crippen LogP contribution in [0.25, 0.3) is 0 Å². The van der Waals surface area contributed by atoms with Crippen LogP contribution in [0.15, 0.2) is 48.5 Å². The van der Waals surface area contributed by atoms with Crippen molar-refractivity contribution in [3.05, 3.63) is 59.7 Å². The smallest absolute Gasteiger partial charge is 0.485 e. The normalized spacial score (nSPS) is 9.86. The lowest BCUT2D eigenvalue weighted by atomic mass is 10.2. The zero-order valence-electron chi connectivity index (χ0n) is 12.2. The molecule has 5 heteroatoms. The maximum absolute atomic E-state index is 11.5. The molecule has 2 aromatic rings. The number of carbonyl (C=O) groups is 2. The lowest BCUT2D eigenvalue weighted by molar-refractivity contribution is 0.101. The Morgan fingerprint density at radius 2 is 1.86 bits per heavy atom. The standard InChI is InChI=1S/C17H16O5/c1-2-20-17(19)22-16-14(11-18)9-6-10-15(16)21-12-13-7-4-3-5-8-13/h3-11H,2,12H2,1H3. The maximum atomic E-state index is 11.5. The molecule has 0 unspecified atom stereocenters. The summed E-state index contributed by atoms with van der Waals surface area (Å²) in [5.41, 5.74) is 1.18. The molecular formula is C17H16O5. The van der Waals surface area contributed by atoms with Crippen LogP contribution in [-0.2, 0) is 11.3 Å². The van der Waals surface area contributed by atoms with Crippen molar-refractivity contribution in [2.24, 2.45) is 0 Å². The minimum atomic E-state index is -0.874. The van der Waals surface area contributed by atoms with Gasteiger partial charge in [0.25, 0.3) is 0 Å². The molecule has 0 atom stereocenters. The first-order chi connectivity index (χ1) is 10.7. The molecule has 114 valence electrons. The molecule has 2 aromatic carbocycles. The van der Waals surface area contributed by atoms with E-state index in [1.807, 2.05) is 30.3 Å². The largest absolute Gasteiger partial charge is 0.513 e. The second-order valence-electron chi connectivity index (χ2n) is 4.35. The van der Waals surface area contributed by atoms with Gasteiger partial charge in [0.15, 0.2) is 17.8 Å². The van der Waals surface area contributed by atoms with Gasteiger partial charge in [-0.3, -0.25) is 4.79 Å². The Labute approximate surface area is 128 Å². The van der Waals surface area contributed by atoms with E-state index in [1.54, 1.807) is 19.1 Å². The van der Waals surface area contributed by atoms with Crippen molar-refractivity contribution in [2.75, 3.05) is 6.61 Å². The van der Waals surface area contributed by atoms with Gasteiger partial charge in [-0.25, -0.2) is 4.79 Å². The Morgan fingerprint density at radius 1 is 1.09 bits per heavy atom. The SMILES string of the molecule is CCOC(=O)Oc1c(C=O)cccc1OCc1ccccc1. The Balaban J connectivity index is 2.18. The minimum absolute atomic E-state index is 0.0619. The van der Waals surface area contributed by atoms with Gasteiger partial charge >= 0.3 is 6.16 Å². The summed E-state index contributed by atoms with van der Waals surface area (Å²) in [7, 11) is 0. The molecule has 22 heavy (non-hydrogen) atoms. The number of aldehydes is 1. The van der Waals surface area contributed by atoms with Gasteiger partial charge in [0.2, 0.25) is 0 Å². The van der Waals surface area contributed by atoms with Crippen LogP contribution in [0.1, 0.15) is 22.8 Å². The summed E-state index contributed by atoms with van der Waals surface area (Å²) >= 11 is 0. The first-order valence-corrected chi connectivity index (χ1v) is 6.84. The molecule has 0 aliphatic heterocycles. The van der Waals surface area contributed by atoms with Gasteiger partial charge in [-0.15, -0.1) is 0 Å². The van der Waals surface area contributed by atoms with Crippen LogP contribution in [0.4, 0.5) is 4.79 Å². The van der Waals surface area contributed by atoms with E-state index in [4.69, 9.17) is 14.2 Å². The van der Waals surface area contributed by atoms with E-state index in [-0.39, 0.29) is 17.9 Å². The lowest BCUT2D eigenvalue weighted by Gasteiger charge is -2.13. The average Bonchev–Trinajstić information content (AvgIpc) is 2.55. The molecule has 0 saturated carbocycles. The summed E-state index contributed by atoms with van der Waals surface area (Å²) in [4.78, 5) is 22.6. The third-order valence-corrected chi connectivity index (χ3v) is 2.82. The van der Waals surface area contributed by atoms with E-state index in [1.165, 1.54) is 6.07 Å². The molecular weight excluding hydrogens is 284 g/mol. The van der Waals surface area contributed by atoms with Crippen LogP contribution < -0.4 is 9.47 Å². The fourth-order valence-electron chi connectivity index (χ4n) is 1.81. The van der Waals surface area contributed by atoms with Crippen molar-refractivity contribution in [3.63, 3.8) is 0 Å². The number of hydrogen-bond donors (Lipinski definition) is 0. The number of rotatable bonds is 6. The molecule has 0 aliphatic rings. The highest BCUT2D eigenvalue weighted by Gasteiger charge is 2.16. The van der Waals surface area contributed by atoms with Gasteiger partial charge in [0.05, 0.1) is 12.2 Å². The van der Waals surface area contributed by atoms with Crippen LogP contribution in [-0.4, -0.2) is 19.0 Å². The number of ether oxygens (including phenoxy) is 3. The van der Waals surface area contributed by atoms with E-state index in [0.29, 0.717) is 18.6 Å². The van der Waals surface area contributed by atoms with Gasteiger partial charge in [-0.05, 0) is 24.6 Å². The quantitative estimate of drug-likeness (QED) is 0.463. The van der Waals surface area contributed by atoms with Crippen LogP contribution >= 0.6 is 0 Å². The number of carbonyl (C=O) groups excluding carboxylic acids is 2. The predicted molar refractivity (Wildman–Crippen MR) is 80.3 cm³/mol. The van der Waals surface area contributed by atoms with Crippen molar-refractivity contribution in [1.82, 2.24) is 0 Å². The molecule has 2 rings (SSSR count). The topological polar surface area (TPSA) is 61.8 Å². The molecule has 0 N–H and O–H groups in total. The highest BCUT2D eigenvalue weighted by Crippen LogP contribution is 2.31. The van der Waals surface area contributed by atoms with Crippen molar-refractivity contribution >= 4 is 12.4 Å². The van der Waals surface area contributed by atoms with E-state index >= 15 is 0 Å². The molecule has 0 amide bonds. The zero-order chi connectivity index (χ0) is 15.8. The first-order valence-electron chi connectivity index (χ1n) is 6.84. The fraction of sp³-hybridized carbons (Fsp3) is 0.176. The monoisotopic (exact) mass is 300 g/mol. The summed E-state index contributed by atoms with van der Waals surface area (Å²) in [6.45, 7) is 2.14. The van der Waals surface area contributed by atoms with Gasteiger partial charge in [-0.1, -0.05) is 36.4 Å². The van der Waals surface area contributed by atoms with E-state index < -0.39 is 6.16 Å². The summed E-state index contributed by atoms with van der Waals surface area (Å²) in [5, 5.41) is 0. The van der Waals surface area contributed by atoms with Crippen LogP contribution in [0.2, 0.25) is 0 Å². The maximum Gasteiger partial charge on any atom is 0.513 e. The van der Waals surface area contributed by atoms with E-state index in [0.717, 1.165) is 5.56 Å². The predicted octanol–water partition coefficient (Wildman–Crippen LogP) is 3.61. The molecule has 0 heterocycles. The van der Waals surface area contributed by atoms with Crippen LogP contribution in [0.5, 0.6) is 11.5 Å². The van der Waals surface area contributed by atoms with Crippen molar-refractivity contribution < 1.29 is 23.8 Å². The van der Waals surface area contributed by atoms with Gasteiger partial charge in [-0.2, -0.15) is 0 Å². The van der Waals surface area contributed by atoms with Crippen LogP contribution in [0.3, 0.4) is 0 Å².